The van der Waals surface area contributed by atoms with Crippen molar-refractivity contribution in [1.82, 2.24) is 9.55 Å². The lowest BCUT2D eigenvalue weighted by atomic mass is 9.88. The van der Waals surface area contributed by atoms with Crippen molar-refractivity contribution in [3.05, 3.63) is 12.1 Å². The first-order valence-corrected chi connectivity index (χ1v) is 8.70. The number of ether oxygens (including phenoxy) is 2. The summed E-state index contributed by atoms with van der Waals surface area (Å²) in [7, 11) is 0. The number of fused-ring (bicyclic) bond motifs is 5. The summed E-state index contributed by atoms with van der Waals surface area (Å²) in [6, 6.07) is 4.01. The van der Waals surface area contributed by atoms with E-state index in [0.717, 1.165) is 60.6 Å². The molecule has 7 heteroatoms. The number of nitrogens with zero attached hydrogens (tertiary/aromatic N) is 3. The van der Waals surface area contributed by atoms with Gasteiger partial charge >= 0.3 is 0 Å². The Morgan fingerprint density at radius 1 is 1.04 bits per heavy atom. The van der Waals surface area contributed by atoms with Gasteiger partial charge in [0.2, 0.25) is 5.95 Å². The highest BCUT2D eigenvalue weighted by Gasteiger charge is 2.40. The second kappa shape index (κ2) is 5.03. The number of nitrogens with two attached hydrogens (primary N) is 1. The van der Waals surface area contributed by atoms with E-state index in [1.54, 1.807) is 0 Å². The number of imidazole rings is 1. The molecule has 1 aromatic heterocycles. The fraction of sp³-hybridized carbons (Fsp3) is 0.529. The van der Waals surface area contributed by atoms with Gasteiger partial charge in [-0.3, -0.25) is 9.88 Å². The van der Waals surface area contributed by atoms with Crippen molar-refractivity contribution in [2.24, 2.45) is 10.7 Å². The summed E-state index contributed by atoms with van der Waals surface area (Å²) >= 11 is 0. The van der Waals surface area contributed by atoms with Crippen molar-refractivity contribution >= 4 is 22.9 Å². The lowest BCUT2D eigenvalue weighted by molar-refractivity contribution is 0.210. The van der Waals surface area contributed by atoms with Gasteiger partial charge in [0.1, 0.15) is 5.66 Å². The van der Waals surface area contributed by atoms with Gasteiger partial charge in [0.05, 0.1) is 24.2 Å². The van der Waals surface area contributed by atoms with Crippen LogP contribution in [0.5, 0.6) is 11.5 Å². The minimum Gasteiger partial charge on any atom is -0.489 e. The predicted octanol–water partition coefficient (Wildman–Crippen LogP) is 2.55. The molecule has 3 aliphatic rings. The Kier molecular flexibility index (Phi) is 2.92. The van der Waals surface area contributed by atoms with Crippen molar-refractivity contribution in [2.75, 3.05) is 18.5 Å². The van der Waals surface area contributed by atoms with E-state index < -0.39 is 0 Å². The second-order valence-corrected chi connectivity index (χ2v) is 6.77. The number of rotatable bonds is 0. The number of aromatic nitrogens is 2. The van der Waals surface area contributed by atoms with E-state index in [1.807, 2.05) is 12.1 Å². The smallest absolute Gasteiger partial charge is 0.212 e. The number of hydrogen-bond donors (Lipinski definition) is 2. The van der Waals surface area contributed by atoms with Gasteiger partial charge < -0.3 is 15.2 Å². The van der Waals surface area contributed by atoms with Crippen LogP contribution < -0.4 is 20.5 Å². The summed E-state index contributed by atoms with van der Waals surface area (Å²) in [6.45, 7) is 1.35. The summed E-state index contributed by atoms with van der Waals surface area (Å²) in [4.78, 5) is 9.55. The van der Waals surface area contributed by atoms with E-state index in [9.17, 15) is 0 Å². The standard InChI is InChI=1S/C17H21N5O2/c18-15-20-16-19-11-9-13-14(24-8-4-7-23-13)10-12(11)22(16)17(21-15)5-2-1-3-6-17/h9-10H,1-8H2,(H3,18,19,20,21). The van der Waals surface area contributed by atoms with Crippen LogP contribution in [0.3, 0.4) is 0 Å². The quantitative estimate of drug-likeness (QED) is 0.776. The molecule has 126 valence electrons. The van der Waals surface area contributed by atoms with Gasteiger partial charge in [-0.2, -0.15) is 0 Å². The van der Waals surface area contributed by atoms with E-state index in [0.29, 0.717) is 19.2 Å². The second-order valence-electron chi connectivity index (χ2n) is 6.77. The Bertz CT molecular complexity index is 835. The molecule has 1 fully saturated rings. The van der Waals surface area contributed by atoms with Crippen molar-refractivity contribution in [3.63, 3.8) is 0 Å². The molecule has 0 amide bonds. The summed E-state index contributed by atoms with van der Waals surface area (Å²) in [6.07, 6.45) is 6.42. The number of anilines is 1. The van der Waals surface area contributed by atoms with E-state index >= 15 is 0 Å². The molecule has 1 aliphatic carbocycles. The summed E-state index contributed by atoms with van der Waals surface area (Å²) in [5.41, 5.74) is 7.65. The number of benzene rings is 1. The van der Waals surface area contributed by atoms with Crippen molar-refractivity contribution < 1.29 is 9.47 Å². The molecule has 0 unspecified atom stereocenters. The molecular weight excluding hydrogens is 306 g/mol. The van der Waals surface area contributed by atoms with Crippen LogP contribution >= 0.6 is 0 Å². The molecule has 7 nitrogen and oxygen atoms in total. The number of aliphatic imine (C=N–C) groups is 1. The van der Waals surface area contributed by atoms with E-state index in [-0.39, 0.29) is 5.66 Å². The van der Waals surface area contributed by atoms with Crippen LogP contribution in [0.15, 0.2) is 17.1 Å². The zero-order valence-electron chi connectivity index (χ0n) is 13.5. The summed E-state index contributed by atoms with van der Waals surface area (Å²) in [5.74, 6) is 2.77. The number of guanidine groups is 1. The van der Waals surface area contributed by atoms with Crippen LogP contribution in [0.2, 0.25) is 0 Å². The van der Waals surface area contributed by atoms with E-state index in [4.69, 9.17) is 25.2 Å². The zero-order valence-corrected chi connectivity index (χ0v) is 13.5. The van der Waals surface area contributed by atoms with Gasteiger partial charge in [0.25, 0.3) is 0 Å². The van der Waals surface area contributed by atoms with Gasteiger partial charge in [-0.25, -0.2) is 9.98 Å². The fourth-order valence-electron chi connectivity index (χ4n) is 4.11. The highest BCUT2D eigenvalue weighted by Crippen LogP contribution is 2.44. The molecule has 1 aromatic carbocycles. The lowest BCUT2D eigenvalue weighted by Gasteiger charge is -2.39. The molecule has 2 aliphatic heterocycles. The van der Waals surface area contributed by atoms with Crippen molar-refractivity contribution in [1.29, 1.82) is 0 Å². The first-order chi connectivity index (χ1) is 11.8. The zero-order chi connectivity index (χ0) is 16.1. The molecule has 2 aromatic rings. The van der Waals surface area contributed by atoms with Crippen LogP contribution in [0.25, 0.3) is 11.0 Å². The molecule has 3 heterocycles. The van der Waals surface area contributed by atoms with Gasteiger partial charge in [0, 0.05) is 18.6 Å². The number of nitrogens with one attached hydrogen (secondary N) is 1. The van der Waals surface area contributed by atoms with Crippen LogP contribution in [-0.4, -0.2) is 28.7 Å². The Morgan fingerprint density at radius 2 is 1.79 bits per heavy atom. The summed E-state index contributed by atoms with van der Waals surface area (Å²) < 4.78 is 13.9. The minimum absolute atomic E-state index is 0.322. The van der Waals surface area contributed by atoms with Crippen molar-refractivity contribution in [2.45, 2.75) is 44.2 Å². The average molecular weight is 327 g/mol. The molecule has 0 radical (unpaired) electrons. The van der Waals surface area contributed by atoms with E-state index in [2.05, 4.69) is 9.88 Å². The molecule has 0 saturated heterocycles. The largest absolute Gasteiger partial charge is 0.489 e. The Balaban J connectivity index is 1.73. The van der Waals surface area contributed by atoms with Gasteiger partial charge in [-0.05, 0) is 25.7 Å². The van der Waals surface area contributed by atoms with E-state index in [1.165, 1.54) is 6.42 Å². The topological polar surface area (TPSA) is 86.7 Å². The Morgan fingerprint density at radius 3 is 2.58 bits per heavy atom. The normalized spacial score (nSPS) is 21.8. The van der Waals surface area contributed by atoms with Crippen molar-refractivity contribution in [3.8, 4) is 11.5 Å². The fourth-order valence-corrected chi connectivity index (χ4v) is 4.11. The molecule has 5 rings (SSSR count). The minimum atomic E-state index is -0.322. The molecule has 0 bridgehead atoms. The third kappa shape index (κ3) is 1.96. The third-order valence-corrected chi connectivity index (χ3v) is 5.16. The lowest BCUT2D eigenvalue weighted by Crippen LogP contribution is -2.43. The Hall–Kier alpha value is -2.44. The van der Waals surface area contributed by atoms with Gasteiger partial charge in [0.15, 0.2) is 17.5 Å². The SMILES string of the molecule is NC1=NC2(CCCCC2)n2c(nc3cc4c(cc32)OCCCO4)N1. The number of hydrogen-bond acceptors (Lipinski definition) is 6. The van der Waals surface area contributed by atoms with Crippen LogP contribution in [0.4, 0.5) is 5.95 Å². The third-order valence-electron chi connectivity index (χ3n) is 5.16. The molecule has 0 atom stereocenters. The Labute approximate surface area is 139 Å². The van der Waals surface area contributed by atoms with Gasteiger partial charge in [-0.15, -0.1) is 0 Å². The van der Waals surface area contributed by atoms with Crippen LogP contribution in [0, 0.1) is 0 Å². The maximum Gasteiger partial charge on any atom is 0.212 e. The molecular formula is C17H21N5O2. The molecule has 1 spiro atoms. The maximum atomic E-state index is 6.06. The predicted molar refractivity (Wildman–Crippen MR) is 91.6 cm³/mol. The summed E-state index contributed by atoms with van der Waals surface area (Å²) in [5, 5.41) is 3.12. The monoisotopic (exact) mass is 327 g/mol. The highest BCUT2D eigenvalue weighted by atomic mass is 16.5. The van der Waals surface area contributed by atoms with Crippen LogP contribution in [-0.2, 0) is 5.66 Å². The molecule has 24 heavy (non-hydrogen) atoms. The van der Waals surface area contributed by atoms with Crippen LogP contribution in [0.1, 0.15) is 38.5 Å². The highest BCUT2D eigenvalue weighted by molar-refractivity contribution is 5.95. The molecule has 3 N–H and O–H groups in total. The van der Waals surface area contributed by atoms with Gasteiger partial charge in [-0.1, -0.05) is 6.42 Å². The average Bonchev–Trinajstić information content (AvgIpc) is 2.76. The maximum absolute atomic E-state index is 6.06. The first-order valence-electron chi connectivity index (χ1n) is 8.70. The molecule has 1 saturated carbocycles. The first kappa shape index (κ1) is 13.9.